The molecule has 0 unspecified atom stereocenters. The second-order valence-electron chi connectivity index (χ2n) is 6.07. The summed E-state index contributed by atoms with van der Waals surface area (Å²) >= 11 is 1.66. The number of hydrogen-bond acceptors (Lipinski definition) is 7. The van der Waals surface area contributed by atoms with Crippen molar-refractivity contribution < 1.29 is 20.1 Å². The molecule has 3 heterocycles. The Bertz CT molecular complexity index is 678. The molecule has 2 aromatic rings. The van der Waals surface area contributed by atoms with Crippen LogP contribution in [-0.2, 0) is 4.74 Å². The lowest BCUT2D eigenvalue weighted by atomic mass is 10.1. The van der Waals surface area contributed by atoms with Gasteiger partial charge < -0.3 is 24.6 Å². The van der Waals surface area contributed by atoms with Gasteiger partial charge in [-0.25, -0.2) is 9.97 Å². The van der Waals surface area contributed by atoms with Gasteiger partial charge in [-0.05, 0) is 12.0 Å². The van der Waals surface area contributed by atoms with Crippen molar-refractivity contribution in [3.05, 3.63) is 18.6 Å². The van der Waals surface area contributed by atoms with Crippen LogP contribution in [0.15, 0.2) is 23.6 Å². The van der Waals surface area contributed by atoms with Gasteiger partial charge in [0.1, 0.15) is 35.3 Å². The van der Waals surface area contributed by atoms with Gasteiger partial charge in [-0.1, -0.05) is 13.8 Å². The summed E-state index contributed by atoms with van der Waals surface area (Å²) in [6.45, 7) is 3.95. The molecule has 1 saturated heterocycles. The number of thioether (sulfide) groups is 1. The molecule has 7 nitrogen and oxygen atoms in total. The normalized spacial score (nSPS) is 28.1. The summed E-state index contributed by atoms with van der Waals surface area (Å²) < 4.78 is 7.25. The van der Waals surface area contributed by atoms with Gasteiger partial charge in [0.2, 0.25) is 0 Å². The first-order chi connectivity index (χ1) is 11.0. The predicted molar refractivity (Wildman–Crippen MR) is 86.1 cm³/mol. The van der Waals surface area contributed by atoms with Gasteiger partial charge >= 0.3 is 0 Å². The van der Waals surface area contributed by atoms with Gasteiger partial charge in [0, 0.05) is 11.9 Å². The Labute approximate surface area is 138 Å². The van der Waals surface area contributed by atoms with E-state index in [4.69, 9.17) is 4.74 Å². The van der Waals surface area contributed by atoms with E-state index in [0.29, 0.717) is 11.6 Å². The summed E-state index contributed by atoms with van der Waals surface area (Å²) in [4.78, 5) is 8.62. The molecule has 0 spiro atoms. The van der Waals surface area contributed by atoms with E-state index in [0.717, 1.165) is 16.2 Å². The maximum atomic E-state index is 10.2. The summed E-state index contributed by atoms with van der Waals surface area (Å²) in [6, 6.07) is 1.88. The van der Waals surface area contributed by atoms with Gasteiger partial charge in [-0.2, -0.15) is 0 Å². The van der Waals surface area contributed by atoms with Crippen molar-refractivity contribution >= 4 is 22.8 Å². The molecule has 8 heteroatoms. The van der Waals surface area contributed by atoms with E-state index >= 15 is 0 Å². The highest BCUT2D eigenvalue weighted by Gasteiger charge is 2.43. The van der Waals surface area contributed by atoms with Crippen LogP contribution in [0.4, 0.5) is 0 Å². The summed E-state index contributed by atoms with van der Waals surface area (Å²) in [6.07, 6.45) is -0.577. The highest BCUT2D eigenvalue weighted by molar-refractivity contribution is 7.99. The van der Waals surface area contributed by atoms with Gasteiger partial charge in [0.15, 0.2) is 6.23 Å². The molecule has 3 rings (SSSR count). The van der Waals surface area contributed by atoms with Gasteiger partial charge in [0.25, 0.3) is 0 Å². The van der Waals surface area contributed by atoms with E-state index in [2.05, 4.69) is 23.8 Å². The first kappa shape index (κ1) is 16.7. The zero-order chi connectivity index (χ0) is 16.6. The van der Waals surface area contributed by atoms with E-state index < -0.39 is 24.5 Å². The van der Waals surface area contributed by atoms with Crippen LogP contribution < -0.4 is 0 Å². The number of aliphatic hydroxyl groups is 3. The Morgan fingerprint density at radius 1 is 1.30 bits per heavy atom. The molecular weight excluding hydrogens is 318 g/mol. The summed E-state index contributed by atoms with van der Waals surface area (Å²) in [5, 5.41) is 31.1. The van der Waals surface area contributed by atoms with Crippen LogP contribution in [0.3, 0.4) is 0 Å². The lowest BCUT2D eigenvalue weighted by Gasteiger charge is -2.17. The minimum Gasteiger partial charge on any atom is -0.394 e. The predicted octanol–water partition coefficient (Wildman–Crippen LogP) is 0.791. The Hall–Kier alpha value is -1.19. The molecule has 1 fully saturated rings. The summed E-state index contributed by atoms with van der Waals surface area (Å²) in [5.41, 5.74) is 0.640. The third-order valence-corrected chi connectivity index (χ3v) is 5.25. The Morgan fingerprint density at radius 2 is 2.09 bits per heavy atom. The number of hydrogen-bond donors (Lipinski definition) is 3. The lowest BCUT2D eigenvalue weighted by Crippen LogP contribution is -2.33. The molecule has 1 aliphatic rings. The van der Waals surface area contributed by atoms with Crippen LogP contribution in [0.1, 0.15) is 20.1 Å². The molecule has 2 aromatic heterocycles. The fourth-order valence-corrected chi connectivity index (χ4v) is 3.55. The lowest BCUT2D eigenvalue weighted by molar-refractivity contribution is -0.0508. The van der Waals surface area contributed by atoms with Crippen molar-refractivity contribution in [3.63, 3.8) is 0 Å². The van der Waals surface area contributed by atoms with Crippen molar-refractivity contribution in [2.45, 2.75) is 43.4 Å². The molecule has 0 amide bonds. The molecular formula is C15H21N3O4S. The number of nitrogens with zero attached hydrogens (tertiary/aromatic N) is 3. The van der Waals surface area contributed by atoms with Crippen molar-refractivity contribution in [2.75, 3.05) is 12.4 Å². The minimum atomic E-state index is -1.13. The maximum absolute atomic E-state index is 10.2. The molecule has 4 atom stereocenters. The third kappa shape index (κ3) is 3.09. The Balaban J connectivity index is 1.93. The number of aliphatic hydroxyl groups excluding tert-OH is 3. The minimum absolute atomic E-state index is 0.349. The zero-order valence-electron chi connectivity index (χ0n) is 13.0. The van der Waals surface area contributed by atoms with Crippen LogP contribution >= 0.6 is 11.8 Å². The SMILES string of the molecule is CC(C)CSc1ncnc2c1ccn2[C@@H]1O[C@H](CO)[C@@H](O)[C@H]1O. The van der Waals surface area contributed by atoms with Crippen molar-refractivity contribution in [1.82, 2.24) is 14.5 Å². The van der Waals surface area contributed by atoms with Crippen molar-refractivity contribution in [1.29, 1.82) is 0 Å². The molecule has 0 bridgehead atoms. The average molecular weight is 339 g/mol. The fourth-order valence-electron chi connectivity index (χ4n) is 2.62. The van der Waals surface area contributed by atoms with Crippen LogP contribution in [0, 0.1) is 5.92 Å². The zero-order valence-corrected chi connectivity index (χ0v) is 13.8. The molecule has 0 radical (unpaired) electrons. The van der Waals surface area contributed by atoms with Crippen LogP contribution in [0.25, 0.3) is 11.0 Å². The molecule has 1 aliphatic heterocycles. The van der Waals surface area contributed by atoms with Crippen LogP contribution in [-0.4, -0.2) is 60.5 Å². The van der Waals surface area contributed by atoms with Gasteiger partial charge in [-0.3, -0.25) is 0 Å². The first-order valence-electron chi connectivity index (χ1n) is 7.59. The summed E-state index contributed by atoms with van der Waals surface area (Å²) in [5.74, 6) is 1.50. The number of fused-ring (bicyclic) bond motifs is 1. The first-order valence-corrected chi connectivity index (χ1v) is 8.58. The quantitative estimate of drug-likeness (QED) is 0.547. The van der Waals surface area contributed by atoms with E-state index in [9.17, 15) is 15.3 Å². The second kappa shape index (κ2) is 6.74. The van der Waals surface area contributed by atoms with E-state index in [-0.39, 0.29) is 6.61 Å². The largest absolute Gasteiger partial charge is 0.394 e. The van der Waals surface area contributed by atoms with Crippen molar-refractivity contribution in [3.8, 4) is 0 Å². The average Bonchev–Trinajstić information content (AvgIpc) is 3.08. The molecule has 3 N–H and O–H groups in total. The smallest absolute Gasteiger partial charge is 0.164 e. The van der Waals surface area contributed by atoms with Crippen LogP contribution in [0.2, 0.25) is 0 Å². The second-order valence-corrected chi connectivity index (χ2v) is 7.08. The van der Waals surface area contributed by atoms with Crippen molar-refractivity contribution in [2.24, 2.45) is 5.92 Å². The van der Waals surface area contributed by atoms with E-state index in [1.807, 2.05) is 6.07 Å². The van der Waals surface area contributed by atoms with Gasteiger partial charge in [-0.15, -0.1) is 11.8 Å². The van der Waals surface area contributed by atoms with E-state index in [1.54, 1.807) is 22.5 Å². The molecule has 0 aliphatic carbocycles. The molecule has 0 aromatic carbocycles. The van der Waals surface area contributed by atoms with Crippen LogP contribution in [0.5, 0.6) is 0 Å². The molecule has 23 heavy (non-hydrogen) atoms. The Morgan fingerprint density at radius 3 is 2.74 bits per heavy atom. The highest BCUT2D eigenvalue weighted by Crippen LogP contribution is 2.34. The Kier molecular flexibility index (Phi) is 4.88. The monoisotopic (exact) mass is 339 g/mol. The molecule has 126 valence electrons. The number of rotatable bonds is 5. The third-order valence-electron chi connectivity index (χ3n) is 3.82. The molecule has 0 saturated carbocycles. The van der Waals surface area contributed by atoms with Gasteiger partial charge in [0.05, 0.1) is 12.0 Å². The topological polar surface area (TPSA) is 101 Å². The fraction of sp³-hybridized carbons (Fsp3) is 0.600. The highest BCUT2D eigenvalue weighted by atomic mass is 32.2. The maximum Gasteiger partial charge on any atom is 0.164 e. The van der Waals surface area contributed by atoms with E-state index in [1.165, 1.54) is 6.33 Å². The standard InChI is InChI=1S/C15H21N3O4S/c1-8(2)6-23-14-9-3-4-18(13(9)16-7-17-14)15-12(21)11(20)10(5-19)22-15/h3-4,7-8,10-12,15,19-21H,5-6H2,1-2H3/t10-,11-,12-,15-/m1/s1. The number of ether oxygens (including phenoxy) is 1. The number of aromatic nitrogens is 3. The summed E-state index contributed by atoms with van der Waals surface area (Å²) in [7, 11) is 0.